The Balaban J connectivity index is 2.44. The molecule has 1 unspecified atom stereocenters. The van der Waals surface area contributed by atoms with Crippen molar-refractivity contribution >= 4 is 0 Å². The zero-order valence-corrected chi connectivity index (χ0v) is 13.3. The average Bonchev–Trinajstić information content (AvgIpc) is 2.86. The minimum atomic E-state index is 0.473. The van der Waals surface area contributed by atoms with Crippen molar-refractivity contribution in [2.75, 3.05) is 7.05 Å². The van der Waals surface area contributed by atoms with E-state index in [1.54, 1.807) is 0 Å². The van der Waals surface area contributed by atoms with Gasteiger partial charge in [0, 0.05) is 6.04 Å². The maximum Gasteiger partial charge on any atom is 0.0377 e. The number of benzene rings is 1. The molecule has 1 nitrogen and oxygen atoms in total. The van der Waals surface area contributed by atoms with Crippen LogP contribution in [-0.4, -0.2) is 7.05 Å². The lowest BCUT2D eigenvalue weighted by Crippen LogP contribution is -2.34. The van der Waals surface area contributed by atoms with Crippen LogP contribution in [0.4, 0.5) is 0 Å². The largest absolute Gasteiger partial charge is 0.313 e. The molecule has 0 bridgehead atoms. The van der Waals surface area contributed by atoms with Gasteiger partial charge in [0.1, 0.15) is 0 Å². The fourth-order valence-corrected chi connectivity index (χ4v) is 4.01. The van der Waals surface area contributed by atoms with Crippen LogP contribution in [0.25, 0.3) is 0 Å². The molecule has 0 saturated heterocycles. The van der Waals surface area contributed by atoms with Crippen LogP contribution in [0.2, 0.25) is 0 Å². The van der Waals surface area contributed by atoms with Gasteiger partial charge >= 0.3 is 0 Å². The predicted octanol–water partition coefficient (Wildman–Crippen LogP) is 4.84. The second kappa shape index (κ2) is 5.66. The molecule has 1 atom stereocenters. The van der Waals surface area contributed by atoms with Gasteiger partial charge in [0.2, 0.25) is 0 Å². The van der Waals surface area contributed by atoms with E-state index in [9.17, 15) is 0 Å². The van der Waals surface area contributed by atoms with E-state index in [0.29, 0.717) is 11.5 Å². The summed E-state index contributed by atoms with van der Waals surface area (Å²) in [6, 6.07) is 5.29. The van der Waals surface area contributed by atoms with Gasteiger partial charge in [0.05, 0.1) is 0 Å². The minimum absolute atomic E-state index is 0.473. The number of hydrogen-bond donors (Lipinski definition) is 1. The first-order chi connectivity index (χ1) is 9.04. The van der Waals surface area contributed by atoms with Crippen LogP contribution in [0.15, 0.2) is 12.1 Å². The SMILES string of the molecule is CCC1(C(NC)c2cc(C)c(C)cc2C)CCCC1. The molecule has 0 aromatic heterocycles. The molecule has 1 aliphatic rings. The van der Waals surface area contributed by atoms with E-state index in [1.807, 2.05) is 0 Å². The molecular formula is C18H29N. The third kappa shape index (κ3) is 2.58. The third-order valence-corrected chi connectivity index (χ3v) is 5.40. The number of aryl methyl sites for hydroxylation is 3. The average molecular weight is 259 g/mol. The Morgan fingerprint density at radius 1 is 1.05 bits per heavy atom. The third-order valence-electron chi connectivity index (χ3n) is 5.40. The van der Waals surface area contributed by atoms with Crippen LogP contribution in [0.3, 0.4) is 0 Å². The van der Waals surface area contributed by atoms with Crippen LogP contribution in [0.1, 0.15) is 67.3 Å². The topological polar surface area (TPSA) is 12.0 Å². The molecule has 1 aliphatic carbocycles. The molecule has 0 aliphatic heterocycles. The van der Waals surface area contributed by atoms with Crippen molar-refractivity contribution in [1.29, 1.82) is 0 Å². The molecular weight excluding hydrogens is 230 g/mol. The molecule has 1 aromatic carbocycles. The van der Waals surface area contributed by atoms with E-state index in [4.69, 9.17) is 0 Å². The minimum Gasteiger partial charge on any atom is -0.313 e. The molecule has 1 heteroatoms. The zero-order chi connectivity index (χ0) is 14.0. The van der Waals surface area contributed by atoms with Gasteiger partial charge < -0.3 is 5.32 Å². The van der Waals surface area contributed by atoms with Crippen LogP contribution in [0.5, 0.6) is 0 Å². The lowest BCUT2D eigenvalue weighted by atomic mass is 9.72. The molecule has 0 spiro atoms. The Morgan fingerprint density at radius 3 is 2.16 bits per heavy atom. The quantitative estimate of drug-likeness (QED) is 0.815. The zero-order valence-electron chi connectivity index (χ0n) is 13.3. The lowest BCUT2D eigenvalue weighted by molar-refractivity contribution is 0.194. The van der Waals surface area contributed by atoms with Gasteiger partial charge in [-0.2, -0.15) is 0 Å². The van der Waals surface area contributed by atoms with Crippen molar-refractivity contribution < 1.29 is 0 Å². The summed E-state index contributed by atoms with van der Waals surface area (Å²) >= 11 is 0. The second-order valence-electron chi connectivity index (χ2n) is 6.44. The maximum atomic E-state index is 3.64. The van der Waals surface area contributed by atoms with E-state index in [2.05, 4.69) is 52.2 Å². The number of hydrogen-bond acceptors (Lipinski definition) is 1. The Morgan fingerprint density at radius 2 is 1.63 bits per heavy atom. The van der Waals surface area contributed by atoms with Crippen molar-refractivity contribution in [3.63, 3.8) is 0 Å². The van der Waals surface area contributed by atoms with Gasteiger partial charge in [-0.05, 0) is 74.8 Å². The Bertz CT molecular complexity index is 441. The van der Waals surface area contributed by atoms with Gasteiger partial charge in [-0.1, -0.05) is 31.9 Å². The van der Waals surface area contributed by atoms with Gasteiger partial charge in [-0.25, -0.2) is 0 Å². The first kappa shape index (κ1) is 14.6. The lowest BCUT2D eigenvalue weighted by Gasteiger charge is -2.38. The van der Waals surface area contributed by atoms with Crippen LogP contribution in [-0.2, 0) is 0 Å². The molecule has 1 fully saturated rings. The van der Waals surface area contributed by atoms with Gasteiger partial charge in [0.15, 0.2) is 0 Å². The molecule has 19 heavy (non-hydrogen) atoms. The summed E-state index contributed by atoms with van der Waals surface area (Å²) in [5, 5.41) is 3.64. The molecule has 0 radical (unpaired) electrons. The predicted molar refractivity (Wildman–Crippen MR) is 83.6 cm³/mol. The van der Waals surface area contributed by atoms with E-state index >= 15 is 0 Å². The number of nitrogens with one attached hydrogen (secondary N) is 1. The van der Waals surface area contributed by atoms with Crippen molar-refractivity contribution in [2.45, 2.75) is 65.8 Å². The summed E-state index contributed by atoms with van der Waals surface area (Å²) < 4.78 is 0. The van der Waals surface area contributed by atoms with Gasteiger partial charge in [-0.3, -0.25) is 0 Å². The first-order valence-corrected chi connectivity index (χ1v) is 7.79. The first-order valence-electron chi connectivity index (χ1n) is 7.79. The fraction of sp³-hybridized carbons (Fsp3) is 0.667. The van der Waals surface area contributed by atoms with Crippen molar-refractivity contribution in [1.82, 2.24) is 5.32 Å². The van der Waals surface area contributed by atoms with Gasteiger partial charge in [-0.15, -0.1) is 0 Å². The molecule has 1 N–H and O–H groups in total. The summed E-state index contributed by atoms with van der Waals surface area (Å²) in [4.78, 5) is 0. The smallest absolute Gasteiger partial charge is 0.0377 e. The summed E-state index contributed by atoms with van der Waals surface area (Å²) in [7, 11) is 2.13. The van der Waals surface area contributed by atoms with E-state index < -0.39 is 0 Å². The van der Waals surface area contributed by atoms with E-state index in [1.165, 1.54) is 54.4 Å². The summed E-state index contributed by atoms with van der Waals surface area (Å²) in [5.74, 6) is 0. The Kier molecular flexibility index (Phi) is 4.35. The van der Waals surface area contributed by atoms with Crippen molar-refractivity contribution in [2.24, 2.45) is 5.41 Å². The molecule has 0 amide bonds. The number of rotatable bonds is 4. The van der Waals surface area contributed by atoms with Crippen LogP contribution < -0.4 is 5.32 Å². The normalized spacial score (nSPS) is 19.6. The van der Waals surface area contributed by atoms with Crippen molar-refractivity contribution in [3.05, 3.63) is 34.4 Å². The van der Waals surface area contributed by atoms with E-state index in [0.717, 1.165) is 0 Å². The van der Waals surface area contributed by atoms with Gasteiger partial charge in [0.25, 0.3) is 0 Å². The maximum absolute atomic E-state index is 3.64. The second-order valence-corrected chi connectivity index (χ2v) is 6.44. The summed E-state index contributed by atoms with van der Waals surface area (Å²) in [6.45, 7) is 9.08. The molecule has 106 valence electrons. The standard InChI is InChI=1S/C18H29N/c1-6-18(9-7-8-10-18)17(19-5)16-12-14(3)13(2)11-15(16)4/h11-12,17,19H,6-10H2,1-5H3. The van der Waals surface area contributed by atoms with Crippen molar-refractivity contribution in [3.8, 4) is 0 Å². The summed E-state index contributed by atoms with van der Waals surface area (Å²) in [5.41, 5.74) is 6.27. The fourth-order valence-electron chi connectivity index (χ4n) is 4.01. The van der Waals surface area contributed by atoms with Crippen LogP contribution in [0, 0.1) is 26.2 Å². The molecule has 0 heterocycles. The van der Waals surface area contributed by atoms with Crippen LogP contribution >= 0.6 is 0 Å². The molecule has 1 saturated carbocycles. The molecule has 2 rings (SSSR count). The summed E-state index contributed by atoms with van der Waals surface area (Å²) in [6.07, 6.45) is 6.83. The highest BCUT2D eigenvalue weighted by atomic mass is 14.9. The Hall–Kier alpha value is -0.820. The Labute approximate surface area is 118 Å². The highest BCUT2D eigenvalue weighted by Gasteiger charge is 2.40. The highest BCUT2D eigenvalue weighted by Crippen LogP contribution is 2.50. The monoisotopic (exact) mass is 259 g/mol. The van der Waals surface area contributed by atoms with E-state index in [-0.39, 0.29) is 0 Å². The highest BCUT2D eigenvalue weighted by molar-refractivity contribution is 5.39. The molecule has 1 aromatic rings.